The molecule has 1 aromatic carbocycles. The van der Waals surface area contributed by atoms with Crippen LogP contribution in [0.1, 0.15) is 24.0 Å². The third kappa shape index (κ3) is 1.58. The summed E-state index contributed by atoms with van der Waals surface area (Å²) in [4.78, 5) is 12.4. The van der Waals surface area contributed by atoms with Gasteiger partial charge in [0.2, 0.25) is 0 Å². The first-order chi connectivity index (χ1) is 8.34. The van der Waals surface area contributed by atoms with E-state index in [4.69, 9.17) is 0 Å². The monoisotopic (exact) mass is 319 g/mol. The van der Waals surface area contributed by atoms with Gasteiger partial charge in [0.1, 0.15) is 0 Å². The van der Waals surface area contributed by atoms with Crippen molar-refractivity contribution in [2.45, 2.75) is 31.1 Å². The van der Waals surface area contributed by atoms with Gasteiger partial charge in [-0.25, -0.2) is 0 Å². The smallest absolute Gasteiger partial charge is 0.321 e. The summed E-state index contributed by atoms with van der Waals surface area (Å²) in [5.41, 5.74) is 0.977. The molecule has 6 heteroatoms. The van der Waals surface area contributed by atoms with Crippen LogP contribution in [-0.4, -0.2) is 17.0 Å². The molecule has 0 bridgehead atoms. The highest BCUT2D eigenvalue weighted by Crippen LogP contribution is 2.57. The molecule has 1 fully saturated rings. The number of benzene rings is 1. The maximum Gasteiger partial charge on any atom is 0.471 e. The molecule has 0 unspecified atom stereocenters. The molecule has 0 atom stereocenters. The normalized spacial score (nSPS) is 20.1. The fraction of sp³-hybridized carbons (Fsp3) is 0.417. The molecule has 0 saturated heterocycles. The minimum Gasteiger partial charge on any atom is -0.321 e. The fourth-order valence-electron chi connectivity index (χ4n) is 2.69. The van der Waals surface area contributed by atoms with Crippen LogP contribution < -0.4 is 0 Å². The molecular formula is C12H9BrF3NO. The van der Waals surface area contributed by atoms with Crippen molar-refractivity contribution in [1.82, 2.24) is 4.90 Å². The first kappa shape index (κ1) is 12.0. The van der Waals surface area contributed by atoms with E-state index in [2.05, 4.69) is 15.9 Å². The Kier molecular flexibility index (Phi) is 2.33. The molecule has 0 aromatic heterocycles. The minimum atomic E-state index is -4.80. The molecular weight excluding hydrogens is 311 g/mol. The predicted octanol–water partition coefficient (Wildman–Crippen LogP) is 3.34. The van der Waals surface area contributed by atoms with E-state index < -0.39 is 17.6 Å². The van der Waals surface area contributed by atoms with Gasteiger partial charge in [-0.2, -0.15) is 13.2 Å². The van der Waals surface area contributed by atoms with Crippen molar-refractivity contribution in [2.24, 2.45) is 0 Å². The zero-order valence-electron chi connectivity index (χ0n) is 9.22. The van der Waals surface area contributed by atoms with E-state index >= 15 is 0 Å². The van der Waals surface area contributed by atoms with E-state index in [0.717, 1.165) is 20.5 Å². The molecule has 1 aliphatic heterocycles. The van der Waals surface area contributed by atoms with Crippen LogP contribution in [0.2, 0.25) is 0 Å². The van der Waals surface area contributed by atoms with Crippen LogP contribution in [0.25, 0.3) is 0 Å². The summed E-state index contributed by atoms with van der Waals surface area (Å²) in [6, 6.07) is 5.41. The highest BCUT2D eigenvalue weighted by molar-refractivity contribution is 9.10. The molecule has 1 saturated carbocycles. The molecule has 0 radical (unpaired) electrons. The number of hydrogen-bond acceptors (Lipinski definition) is 1. The van der Waals surface area contributed by atoms with Crippen LogP contribution in [0.5, 0.6) is 0 Å². The first-order valence-electron chi connectivity index (χ1n) is 5.52. The molecule has 0 N–H and O–H groups in total. The summed E-state index contributed by atoms with van der Waals surface area (Å²) in [5, 5.41) is 0. The number of halogens is 4. The summed E-state index contributed by atoms with van der Waals surface area (Å²) >= 11 is 3.29. The molecule has 2 aliphatic rings. The Hall–Kier alpha value is -1.04. The topological polar surface area (TPSA) is 20.3 Å². The Balaban J connectivity index is 2.01. The van der Waals surface area contributed by atoms with Gasteiger partial charge in [-0.1, -0.05) is 22.0 Å². The van der Waals surface area contributed by atoms with E-state index in [1.807, 2.05) is 6.07 Å². The molecule has 96 valence electrons. The van der Waals surface area contributed by atoms with E-state index in [0.29, 0.717) is 12.8 Å². The number of amides is 1. The second-order valence-electron chi connectivity index (χ2n) is 4.72. The van der Waals surface area contributed by atoms with Gasteiger partial charge in [-0.3, -0.25) is 4.79 Å². The largest absolute Gasteiger partial charge is 0.471 e. The number of carbonyl (C=O) groups is 1. The Bertz CT molecular complexity index is 537. The average molecular weight is 320 g/mol. The van der Waals surface area contributed by atoms with Gasteiger partial charge in [-0.05, 0) is 36.1 Å². The fourth-order valence-corrected chi connectivity index (χ4v) is 3.10. The Labute approximate surface area is 110 Å². The second-order valence-corrected chi connectivity index (χ2v) is 5.64. The van der Waals surface area contributed by atoms with Crippen molar-refractivity contribution in [3.63, 3.8) is 0 Å². The lowest BCUT2D eigenvalue weighted by Crippen LogP contribution is -2.43. The van der Waals surface area contributed by atoms with Crippen LogP contribution in [0, 0.1) is 0 Å². The molecule has 1 aromatic rings. The average Bonchev–Trinajstić information content (AvgIpc) is 2.97. The number of hydrogen-bond donors (Lipinski definition) is 0. The lowest BCUT2D eigenvalue weighted by atomic mass is 10.0. The van der Waals surface area contributed by atoms with Crippen molar-refractivity contribution >= 4 is 21.8 Å². The number of nitrogens with zero attached hydrogens (tertiary/aromatic N) is 1. The van der Waals surface area contributed by atoms with Gasteiger partial charge < -0.3 is 4.90 Å². The number of carbonyl (C=O) groups excluding carboxylic acids is 1. The van der Waals surface area contributed by atoms with Crippen LogP contribution >= 0.6 is 15.9 Å². The van der Waals surface area contributed by atoms with E-state index in [1.165, 1.54) is 0 Å². The number of fused-ring (bicyclic) bond motifs is 2. The second kappa shape index (κ2) is 3.50. The van der Waals surface area contributed by atoms with Gasteiger partial charge in [0.05, 0.1) is 5.54 Å². The molecule has 1 amide bonds. The highest BCUT2D eigenvalue weighted by Gasteiger charge is 2.60. The van der Waals surface area contributed by atoms with Crippen LogP contribution in [-0.2, 0) is 16.9 Å². The third-order valence-corrected chi connectivity index (χ3v) is 4.12. The predicted molar refractivity (Wildman–Crippen MR) is 61.7 cm³/mol. The maximum absolute atomic E-state index is 12.6. The summed E-state index contributed by atoms with van der Waals surface area (Å²) in [5.74, 6) is -1.73. The molecule has 1 aliphatic carbocycles. The molecule has 2 nitrogen and oxygen atoms in total. The van der Waals surface area contributed by atoms with Gasteiger partial charge in [-0.15, -0.1) is 0 Å². The van der Waals surface area contributed by atoms with Crippen molar-refractivity contribution in [3.8, 4) is 0 Å². The van der Waals surface area contributed by atoms with Gasteiger partial charge in [0.25, 0.3) is 0 Å². The standard InChI is InChI=1S/C12H9BrF3NO/c13-8-1-2-9-7(5-8)6-17(11(9)3-4-11)10(18)12(14,15)16/h1-2,5H,3-4,6H2. The van der Waals surface area contributed by atoms with Crippen molar-refractivity contribution in [3.05, 3.63) is 33.8 Å². The molecule has 1 heterocycles. The molecule has 1 spiro atoms. The Morgan fingerprint density at radius 3 is 2.56 bits per heavy atom. The minimum absolute atomic E-state index is 0.0487. The quantitative estimate of drug-likeness (QED) is 0.718. The lowest BCUT2D eigenvalue weighted by molar-refractivity contribution is -0.189. The highest BCUT2D eigenvalue weighted by atomic mass is 79.9. The van der Waals surface area contributed by atoms with Gasteiger partial charge in [0.15, 0.2) is 0 Å². The Morgan fingerprint density at radius 1 is 1.33 bits per heavy atom. The SMILES string of the molecule is O=C(N1Cc2cc(Br)ccc2C12CC2)C(F)(F)F. The van der Waals surface area contributed by atoms with E-state index in [-0.39, 0.29) is 6.54 Å². The van der Waals surface area contributed by atoms with Crippen molar-refractivity contribution in [2.75, 3.05) is 0 Å². The number of alkyl halides is 3. The molecule has 18 heavy (non-hydrogen) atoms. The zero-order chi connectivity index (χ0) is 13.1. The summed E-state index contributed by atoms with van der Waals surface area (Å²) in [6.45, 7) is 0.0487. The molecule has 3 rings (SSSR count). The zero-order valence-corrected chi connectivity index (χ0v) is 10.8. The van der Waals surface area contributed by atoms with Gasteiger partial charge in [0, 0.05) is 11.0 Å². The maximum atomic E-state index is 12.6. The van der Waals surface area contributed by atoms with Gasteiger partial charge >= 0.3 is 12.1 Å². The van der Waals surface area contributed by atoms with Crippen LogP contribution in [0.4, 0.5) is 13.2 Å². The first-order valence-corrected chi connectivity index (χ1v) is 6.32. The number of rotatable bonds is 0. The summed E-state index contributed by atoms with van der Waals surface area (Å²) in [6.07, 6.45) is -3.57. The van der Waals surface area contributed by atoms with Crippen LogP contribution in [0.3, 0.4) is 0 Å². The lowest BCUT2D eigenvalue weighted by Gasteiger charge is -2.25. The third-order valence-electron chi connectivity index (χ3n) is 3.63. The van der Waals surface area contributed by atoms with Crippen LogP contribution in [0.15, 0.2) is 22.7 Å². The summed E-state index contributed by atoms with van der Waals surface area (Å²) in [7, 11) is 0. The van der Waals surface area contributed by atoms with Crippen molar-refractivity contribution < 1.29 is 18.0 Å². The van der Waals surface area contributed by atoms with E-state index in [1.54, 1.807) is 12.1 Å². The summed E-state index contributed by atoms with van der Waals surface area (Å²) < 4.78 is 38.5. The Morgan fingerprint density at radius 2 is 2.00 bits per heavy atom. The van der Waals surface area contributed by atoms with E-state index in [9.17, 15) is 18.0 Å². The van der Waals surface area contributed by atoms with Crippen molar-refractivity contribution in [1.29, 1.82) is 0 Å².